The summed E-state index contributed by atoms with van der Waals surface area (Å²) in [4.78, 5) is 20.3. The zero-order valence-corrected chi connectivity index (χ0v) is 15.0. The molecule has 3 aromatic rings. The molecular formula is C15H16ClN7O3. The molecular weight excluding hydrogens is 362 g/mol. The summed E-state index contributed by atoms with van der Waals surface area (Å²) in [6.45, 7) is 5.27. The van der Waals surface area contributed by atoms with Gasteiger partial charge in [-0.3, -0.25) is 5.43 Å². The van der Waals surface area contributed by atoms with Crippen molar-refractivity contribution < 1.29 is 14.2 Å². The number of fused-ring (bicyclic) bond motifs is 1. The Kier molecular flexibility index (Phi) is 4.76. The number of amides is 1. The van der Waals surface area contributed by atoms with Gasteiger partial charge in [0, 0.05) is 10.7 Å². The van der Waals surface area contributed by atoms with E-state index in [-0.39, 0.29) is 22.9 Å². The van der Waals surface area contributed by atoms with Crippen molar-refractivity contribution in [3.05, 3.63) is 29.3 Å². The third-order valence-electron chi connectivity index (χ3n) is 2.88. The highest BCUT2D eigenvalue weighted by molar-refractivity contribution is 6.30. The number of hydrogen-bond donors (Lipinski definition) is 3. The van der Waals surface area contributed by atoms with Crippen LogP contribution < -0.4 is 16.2 Å². The van der Waals surface area contributed by atoms with E-state index in [9.17, 15) is 4.79 Å². The van der Waals surface area contributed by atoms with E-state index >= 15 is 0 Å². The number of nitrogens with one attached hydrogen (secondary N) is 3. The van der Waals surface area contributed by atoms with Gasteiger partial charge >= 0.3 is 6.09 Å². The van der Waals surface area contributed by atoms with Gasteiger partial charge in [0.2, 0.25) is 11.3 Å². The van der Waals surface area contributed by atoms with E-state index in [0.717, 1.165) is 0 Å². The maximum Gasteiger partial charge on any atom is 0.426 e. The number of nitrogens with zero attached hydrogens (tertiary/aromatic N) is 4. The van der Waals surface area contributed by atoms with Crippen LogP contribution in [-0.4, -0.2) is 32.0 Å². The molecule has 3 rings (SSSR count). The van der Waals surface area contributed by atoms with Crippen LogP contribution in [0.1, 0.15) is 20.8 Å². The quantitative estimate of drug-likeness (QED) is 0.587. The van der Waals surface area contributed by atoms with Gasteiger partial charge in [-0.25, -0.2) is 19.8 Å². The third-order valence-corrected chi connectivity index (χ3v) is 3.12. The molecule has 0 atom stereocenters. The lowest BCUT2D eigenvalue weighted by Crippen LogP contribution is -2.36. The van der Waals surface area contributed by atoms with Crippen molar-refractivity contribution in [2.75, 3.05) is 10.7 Å². The number of hydrazine groups is 1. The van der Waals surface area contributed by atoms with Crippen LogP contribution in [0.2, 0.25) is 5.02 Å². The Morgan fingerprint density at radius 3 is 2.50 bits per heavy atom. The predicted octanol–water partition coefficient (Wildman–Crippen LogP) is 3.26. The van der Waals surface area contributed by atoms with Crippen LogP contribution in [0, 0.1) is 0 Å². The van der Waals surface area contributed by atoms with Gasteiger partial charge in [0.1, 0.15) is 5.60 Å². The van der Waals surface area contributed by atoms with Crippen molar-refractivity contribution >= 4 is 46.3 Å². The summed E-state index contributed by atoms with van der Waals surface area (Å²) in [6.07, 6.45) is -0.675. The van der Waals surface area contributed by atoms with Crippen LogP contribution in [0.5, 0.6) is 0 Å². The summed E-state index contributed by atoms with van der Waals surface area (Å²) >= 11 is 5.99. The summed E-state index contributed by atoms with van der Waals surface area (Å²) in [7, 11) is 0. The molecule has 0 fully saturated rings. The topological polar surface area (TPSA) is 127 Å². The molecule has 0 bridgehead atoms. The van der Waals surface area contributed by atoms with Gasteiger partial charge in [-0.2, -0.15) is 4.98 Å². The maximum atomic E-state index is 11.8. The third kappa shape index (κ3) is 4.48. The van der Waals surface area contributed by atoms with Crippen LogP contribution in [-0.2, 0) is 4.74 Å². The number of aromatic nitrogens is 4. The summed E-state index contributed by atoms with van der Waals surface area (Å²) in [6, 6.07) is 7.02. The Morgan fingerprint density at radius 1 is 1.15 bits per heavy atom. The lowest BCUT2D eigenvalue weighted by atomic mass is 10.2. The summed E-state index contributed by atoms with van der Waals surface area (Å²) in [5.74, 6) is 0.477. The highest BCUT2D eigenvalue weighted by atomic mass is 35.5. The van der Waals surface area contributed by atoms with E-state index in [2.05, 4.69) is 41.1 Å². The highest BCUT2D eigenvalue weighted by Gasteiger charge is 2.18. The molecule has 10 nitrogen and oxygen atoms in total. The van der Waals surface area contributed by atoms with E-state index < -0.39 is 11.7 Å². The average Bonchev–Trinajstić information content (AvgIpc) is 2.98. The van der Waals surface area contributed by atoms with Gasteiger partial charge in [0.15, 0.2) is 11.6 Å². The number of carbonyl (C=O) groups is 1. The molecule has 0 saturated carbocycles. The van der Waals surface area contributed by atoms with Crippen LogP contribution >= 0.6 is 11.6 Å². The van der Waals surface area contributed by atoms with Crippen LogP contribution in [0.25, 0.3) is 11.3 Å². The zero-order chi connectivity index (χ0) is 18.7. The molecule has 2 aromatic heterocycles. The first-order valence-corrected chi connectivity index (χ1v) is 7.96. The number of benzene rings is 1. The van der Waals surface area contributed by atoms with Gasteiger partial charge in [-0.1, -0.05) is 17.7 Å². The summed E-state index contributed by atoms with van der Waals surface area (Å²) < 4.78 is 9.78. The highest BCUT2D eigenvalue weighted by Crippen LogP contribution is 2.24. The molecule has 0 spiro atoms. The number of rotatable bonds is 4. The maximum absolute atomic E-state index is 11.8. The number of carbonyl (C=O) groups excluding carboxylic acids is 1. The fraction of sp³-hybridized carbons (Fsp3) is 0.267. The van der Waals surface area contributed by atoms with Crippen LogP contribution in [0.3, 0.4) is 0 Å². The Labute approximate surface area is 153 Å². The average molecular weight is 378 g/mol. The van der Waals surface area contributed by atoms with Gasteiger partial charge in [0.05, 0.1) is 0 Å². The molecule has 0 unspecified atom stereocenters. The van der Waals surface area contributed by atoms with Crippen LogP contribution in [0.15, 0.2) is 28.9 Å². The van der Waals surface area contributed by atoms with E-state index in [4.69, 9.17) is 16.3 Å². The second kappa shape index (κ2) is 7.00. The molecule has 0 saturated heterocycles. The molecule has 3 N–H and O–H groups in total. The van der Waals surface area contributed by atoms with Gasteiger partial charge in [-0.05, 0) is 49.3 Å². The molecule has 11 heteroatoms. The molecule has 0 aliphatic carbocycles. The van der Waals surface area contributed by atoms with Crippen LogP contribution in [0.4, 0.5) is 22.1 Å². The van der Waals surface area contributed by atoms with Gasteiger partial charge < -0.3 is 10.1 Å². The monoisotopic (exact) mass is 377 g/mol. The van der Waals surface area contributed by atoms with E-state index in [1.165, 1.54) is 0 Å². The number of hydrogen-bond acceptors (Lipinski definition) is 9. The van der Waals surface area contributed by atoms with E-state index in [0.29, 0.717) is 10.7 Å². The zero-order valence-electron chi connectivity index (χ0n) is 14.2. The minimum absolute atomic E-state index is 0.176. The lowest BCUT2D eigenvalue weighted by Gasteiger charge is -2.20. The van der Waals surface area contributed by atoms with E-state index in [1.807, 2.05) is 0 Å². The fourth-order valence-corrected chi connectivity index (χ4v) is 2.12. The van der Waals surface area contributed by atoms with Crippen molar-refractivity contribution in [3.8, 4) is 0 Å². The van der Waals surface area contributed by atoms with Crippen molar-refractivity contribution in [2.45, 2.75) is 26.4 Å². The standard InChI is InChI=1S/C15H16ClN7O3/c1-15(2,3)25-14(24)21-20-11-10(17-9-6-4-5-8(16)7-9)18-12-13(19-11)23-26-22-12/h4-7H,1-3H3,(H,21,24)(H,17,18,22)(H,19,20,23). The Hall–Kier alpha value is -3.14. The number of halogens is 1. The molecule has 1 aromatic carbocycles. The Bertz CT molecular complexity index is 938. The van der Waals surface area contributed by atoms with Crippen molar-refractivity contribution in [1.29, 1.82) is 0 Å². The van der Waals surface area contributed by atoms with Crippen molar-refractivity contribution in [3.63, 3.8) is 0 Å². The van der Waals surface area contributed by atoms with Crippen molar-refractivity contribution in [1.82, 2.24) is 25.7 Å². The van der Waals surface area contributed by atoms with Gasteiger partial charge in [0.25, 0.3) is 0 Å². The molecule has 1 amide bonds. The summed E-state index contributed by atoms with van der Waals surface area (Å²) in [5, 5.41) is 10.9. The minimum Gasteiger partial charge on any atom is -0.443 e. The largest absolute Gasteiger partial charge is 0.443 e. The SMILES string of the molecule is CC(C)(C)OC(=O)NNc1nc2nonc2nc1Nc1cccc(Cl)c1. The number of ether oxygens (including phenoxy) is 1. The summed E-state index contributed by atoms with van der Waals surface area (Å²) in [5.41, 5.74) is 5.45. The second-order valence-corrected chi connectivity index (χ2v) is 6.66. The molecule has 26 heavy (non-hydrogen) atoms. The first-order chi connectivity index (χ1) is 12.3. The molecule has 136 valence electrons. The minimum atomic E-state index is -0.675. The smallest absolute Gasteiger partial charge is 0.426 e. The molecule has 0 aliphatic heterocycles. The Balaban J connectivity index is 1.84. The normalized spacial score (nSPS) is 11.2. The van der Waals surface area contributed by atoms with E-state index in [1.54, 1.807) is 45.0 Å². The Morgan fingerprint density at radius 2 is 1.85 bits per heavy atom. The predicted molar refractivity (Wildman–Crippen MR) is 95.1 cm³/mol. The fourth-order valence-electron chi connectivity index (χ4n) is 1.93. The second-order valence-electron chi connectivity index (χ2n) is 6.22. The first-order valence-electron chi connectivity index (χ1n) is 7.58. The number of anilines is 3. The lowest BCUT2D eigenvalue weighted by molar-refractivity contribution is 0.0541. The van der Waals surface area contributed by atoms with Crippen molar-refractivity contribution in [2.24, 2.45) is 0 Å². The molecule has 2 heterocycles. The first kappa shape index (κ1) is 17.7. The van der Waals surface area contributed by atoms with Gasteiger partial charge in [-0.15, -0.1) is 0 Å². The molecule has 0 radical (unpaired) electrons. The molecule has 0 aliphatic rings.